The zero-order chi connectivity index (χ0) is 25.2. The van der Waals surface area contributed by atoms with Crippen LogP contribution in [-0.2, 0) is 29.7 Å². The van der Waals surface area contributed by atoms with Gasteiger partial charge in [0.15, 0.2) is 4.90 Å². The molecule has 2 aromatic carbocycles. The van der Waals surface area contributed by atoms with Gasteiger partial charge in [-0.25, -0.2) is 8.42 Å². The highest BCUT2D eigenvalue weighted by atomic mass is 32.2. The van der Waals surface area contributed by atoms with Crippen LogP contribution in [0.1, 0.15) is 22.4 Å². The van der Waals surface area contributed by atoms with Crippen LogP contribution in [0.5, 0.6) is 23.0 Å². The highest BCUT2D eigenvalue weighted by molar-refractivity contribution is 7.90. The van der Waals surface area contributed by atoms with E-state index in [0.717, 1.165) is 24.3 Å². The molecule has 10 nitrogen and oxygen atoms in total. The molecule has 0 radical (unpaired) electrons. The maximum absolute atomic E-state index is 13.3. The molecule has 1 aliphatic heterocycles. The normalized spacial score (nSPS) is 12.7. The van der Waals surface area contributed by atoms with E-state index in [2.05, 4.69) is 21.7 Å². The zero-order valence-electron chi connectivity index (χ0n) is 20.0. The molecule has 11 heteroatoms. The molecule has 0 atom stereocenters. The van der Waals surface area contributed by atoms with Crippen molar-refractivity contribution in [3.8, 4) is 23.0 Å². The Hall–Kier alpha value is -3.70. The number of sulfonamides is 1. The van der Waals surface area contributed by atoms with Crippen molar-refractivity contribution in [2.75, 3.05) is 28.4 Å². The predicted molar refractivity (Wildman–Crippen MR) is 130 cm³/mol. The first-order valence-electron chi connectivity index (χ1n) is 10.7. The van der Waals surface area contributed by atoms with Crippen LogP contribution in [0.2, 0.25) is 0 Å². The third-order valence-electron chi connectivity index (χ3n) is 5.65. The van der Waals surface area contributed by atoms with Crippen LogP contribution in [0, 0.1) is 0 Å². The van der Waals surface area contributed by atoms with E-state index in [-0.39, 0.29) is 22.1 Å². The second-order valence-electron chi connectivity index (χ2n) is 7.85. The van der Waals surface area contributed by atoms with Crippen molar-refractivity contribution >= 4 is 15.7 Å². The van der Waals surface area contributed by atoms with Gasteiger partial charge in [-0.15, -0.1) is 0 Å². The van der Waals surface area contributed by atoms with E-state index < -0.39 is 10.0 Å². The van der Waals surface area contributed by atoms with Crippen LogP contribution in [0.3, 0.4) is 0 Å². The first-order chi connectivity index (χ1) is 16.8. The Labute approximate surface area is 204 Å². The summed E-state index contributed by atoms with van der Waals surface area (Å²) in [5.74, 6) is 1.08. The van der Waals surface area contributed by atoms with Gasteiger partial charge in [0.05, 0.1) is 51.9 Å². The van der Waals surface area contributed by atoms with Gasteiger partial charge in [-0.3, -0.25) is 9.40 Å². The Balaban J connectivity index is 1.66. The molecule has 35 heavy (non-hydrogen) atoms. The molecule has 1 aliphatic rings. The van der Waals surface area contributed by atoms with E-state index in [1.54, 1.807) is 6.07 Å². The summed E-state index contributed by atoms with van der Waals surface area (Å²) in [6.07, 6.45) is 2.01. The minimum atomic E-state index is -4.13. The summed E-state index contributed by atoms with van der Waals surface area (Å²) >= 11 is 0. The number of hydrogen-bond donors (Lipinski definition) is 2. The van der Waals surface area contributed by atoms with Gasteiger partial charge in [0.1, 0.15) is 23.0 Å². The molecular formula is C24H28N4O6S. The second kappa shape index (κ2) is 9.88. The fourth-order valence-corrected chi connectivity index (χ4v) is 5.44. The van der Waals surface area contributed by atoms with Crippen LogP contribution in [0.4, 0.5) is 0 Å². The second-order valence-corrected chi connectivity index (χ2v) is 9.47. The molecule has 2 N–H and O–H groups in total. The van der Waals surface area contributed by atoms with E-state index in [4.69, 9.17) is 18.9 Å². The molecule has 0 saturated heterocycles. The fraction of sp³-hybridized carbons (Fsp3) is 0.292. The van der Waals surface area contributed by atoms with Gasteiger partial charge in [-0.05, 0) is 29.8 Å². The van der Waals surface area contributed by atoms with E-state index in [9.17, 15) is 8.42 Å². The minimum Gasteiger partial charge on any atom is -0.496 e. The smallest absolute Gasteiger partial charge is 0.269 e. The van der Waals surface area contributed by atoms with Crippen LogP contribution < -0.4 is 29.0 Å². The monoisotopic (exact) mass is 500 g/mol. The quantitative estimate of drug-likeness (QED) is 0.437. The number of benzene rings is 2. The number of rotatable bonds is 10. The highest BCUT2D eigenvalue weighted by Crippen LogP contribution is 2.38. The van der Waals surface area contributed by atoms with E-state index in [1.165, 1.54) is 46.1 Å². The standard InChI is InChI=1S/C24H28N4O6S/c1-15(27-35(29,30)24-19(31-2)7-6-8-20(24)32-3)23-21(33-4)9-16(10-22(23)34-5)13-28-14-17-11-25-12-18(17)26-28/h6-10,14,25,27H,1,11-13H2,2-5H3. The largest absolute Gasteiger partial charge is 0.496 e. The molecular weight excluding hydrogens is 472 g/mol. The summed E-state index contributed by atoms with van der Waals surface area (Å²) < 4.78 is 52.7. The van der Waals surface area contributed by atoms with Crippen LogP contribution in [-0.4, -0.2) is 46.6 Å². The van der Waals surface area contributed by atoms with Crippen molar-refractivity contribution in [2.24, 2.45) is 0 Å². The van der Waals surface area contributed by atoms with Gasteiger partial charge in [-0.2, -0.15) is 5.10 Å². The molecule has 1 aromatic heterocycles. The number of ether oxygens (including phenoxy) is 4. The predicted octanol–water partition coefficient (Wildman–Crippen LogP) is 2.52. The average Bonchev–Trinajstić information content (AvgIpc) is 3.44. The third kappa shape index (κ3) is 4.77. The first kappa shape index (κ1) is 24.4. The third-order valence-corrected chi connectivity index (χ3v) is 7.11. The molecule has 0 saturated carbocycles. The molecule has 3 aromatic rings. The Bertz CT molecular complexity index is 1300. The summed E-state index contributed by atoms with van der Waals surface area (Å²) in [5, 5.41) is 7.87. The lowest BCUT2D eigenvalue weighted by Gasteiger charge is -2.20. The minimum absolute atomic E-state index is 0.0716. The van der Waals surface area contributed by atoms with Gasteiger partial charge in [0, 0.05) is 24.8 Å². The number of methoxy groups -OCH3 is 4. The maximum Gasteiger partial charge on any atom is 0.269 e. The van der Waals surface area contributed by atoms with Gasteiger partial charge < -0.3 is 24.3 Å². The van der Waals surface area contributed by atoms with Crippen molar-refractivity contribution < 1.29 is 27.4 Å². The van der Waals surface area contributed by atoms with E-state index in [0.29, 0.717) is 23.6 Å². The van der Waals surface area contributed by atoms with Gasteiger partial charge >= 0.3 is 0 Å². The van der Waals surface area contributed by atoms with Crippen molar-refractivity contribution in [2.45, 2.75) is 24.5 Å². The molecule has 186 valence electrons. The Morgan fingerprint density at radius 3 is 2.17 bits per heavy atom. The summed E-state index contributed by atoms with van der Waals surface area (Å²) in [5.41, 5.74) is 3.54. The number of hydrogen-bond acceptors (Lipinski definition) is 8. The van der Waals surface area contributed by atoms with Gasteiger partial charge in [-0.1, -0.05) is 12.6 Å². The summed E-state index contributed by atoms with van der Waals surface area (Å²) in [6.45, 7) is 6.01. The van der Waals surface area contributed by atoms with Crippen molar-refractivity contribution in [3.63, 3.8) is 0 Å². The molecule has 4 rings (SSSR count). The first-order valence-corrected chi connectivity index (χ1v) is 12.2. The van der Waals surface area contributed by atoms with Crippen LogP contribution in [0.15, 0.2) is 48.0 Å². The SMILES string of the molecule is C=C(NS(=O)(=O)c1c(OC)cccc1OC)c1c(OC)cc(Cn2cc3c(n2)CNC3)cc1OC. The Kier molecular flexibility index (Phi) is 6.90. The van der Waals surface area contributed by atoms with Gasteiger partial charge in [0.25, 0.3) is 10.0 Å². The summed E-state index contributed by atoms with van der Waals surface area (Å²) in [4.78, 5) is -0.137. The zero-order valence-corrected chi connectivity index (χ0v) is 20.9. The Morgan fingerprint density at radius 1 is 1.03 bits per heavy atom. The number of nitrogens with one attached hydrogen (secondary N) is 2. The van der Waals surface area contributed by atoms with Crippen molar-refractivity contribution in [1.29, 1.82) is 0 Å². The summed E-state index contributed by atoms with van der Waals surface area (Å²) in [7, 11) is 1.65. The lowest BCUT2D eigenvalue weighted by molar-refractivity contribution is 0.373. The lowest BCUT2D eigenvalue weighted by Crippen LogP contribution is -2.23. The number of aromatic nitrogens is 2. The molecule has 0 aliphatic carbocycles. The lowest BCUT2D eigenvalue weighted by atomic mass is 10.1. The van der Waals surface area contributed by atoms with Crippen LogP contribution >= 0.6 is 0 Å². The van der Waals surface area contributed by atoms with Gasteiger partial charge in [0.2, 0.25) is 0 Å². The molecule has 0 bridgehead atoms. The fourth-order valence-electron chi connectivity index (χ4n) is 4.08. The van der Waals surface area contributed by atoms with Crippen molar-refractivity contribution in [3.05, 3.63) is 65.5 Å². The van der Waals surface area contributed by atoms with Crippen molar-refractivity contribution in [1.82, 2.24) is 19.8 Å². The average molecular weight is 501 g/mol. The Morgan fingerprint density at radius 2 is 1.63 bits per heavy atom. The number of fused-ring (bicyclic) bond motifs is 1. The number of nitrogens with zero attached hydrogens (tertiary/aromatic N) is 2. The summed E-state index contributed by atoms with van der Waals surface area (Å²) in [6, 6.07) is 8.34. The highest BCUT2D eigenvalue weighted by Gasteiger charge is 2.27. The van der Waals surface area contributed by atoms with Crippen LogP contribution in [0.25, 0.3) is 5.70 Å². The molecule has 0 amide bonds. The topological polar surface area (TPSA) is 113 Å². The maximum atomic E-state index is 13.3. The molecule has 0 spiro atoms. The van der Waals surface area contributed by atoms with E-state index >= 15 is 0 Å². The molecule has 2 heterocycles. The van der Waals surface area contributed by atoms with E-state index in [1.807, 2.05) is 23.0 Å². The molecule has 0 fully saturated rings. The molecule has 0 unspecified atom stereocenters.